The van der Waals surface area contributed by atoms with E-state index in [1.165, 1.54) is 7.11 Å². The van der Waals surface area contributed by atoms with Crippen molar-refractivity contribution in [3.8, 4) is 0 Å². The molecule has 0 aliphatic rings. The van der Waals surface area contributed by atoms with Crippen molar-refractivity contribution in [1.82, 2.24) is 10.6 Å². The van der Waals surface area contributed by atoms with Crippen molar-refractivity contribution in [2.45, 2.75) is 31.5 Å². The molecule has 0 saturated heterocycles. The number of rotatable bonds is 10. The van der Waals surface area contributed by atoms with E-state index in [4.69, 9.17) is 4.74 Å². The molecule has 0 saturated carbocycles. The first kappa shape index (κ1) is 24.4. The van der Waals surface area contributed by atoms with Gasteiger partial charge in [-0.15, -0.1) is 0 Å². The van der Waals surface area contributed by atoms with E-state index in [2.05, 4.69) is 20.1 Å². The van der Waals surface area contributed by atoms with E-state index >= 15 is 0 Å². The van der Waals surface area contributed by atoms with Crippen molar-refractivity contribution < 1.29 is 33.4 Å². The molecular formula is C23H26N2O7. The van der Waals surface area contributed by atoms with Crippen molar-refractivity contribution in [3.63, 3.8) is 0 Å². The van der Waals surface area contributed by atoms with Gasteiger partial charge >= 0.3 is 18.0 Å². The van der Waals surface area contributed by atoms with E-state index in [1.807, 2.05) is 24.3 Å². The van der Waals surface area contributed by atoms with Crippen LogP contribution in [0.4, 0.5) is 4.79 Å². The molecule has 170 valence electrons. The SMILES string of the molecule is COC(=O)C[C@H](NC(=O)[C@H](Cc1ccccc1)NC(=O)OCc1ccccc1)C(=O)OC. The lowest BCUT2D eigenvalue weighted by atomic mass is 10.0. The molecule has 0 unspecified atom stereocenters. The van der Waals surface area contributed by atoms with Crippen LogP contribution in [0.5, 0.6) is 0 Å². The molecule has 2 amide bonds. The fourth-order valence-corrected chi connectivity index (χ4v) is 2.82. The Hall–Kier alpha value is -3.88. The number of carbonyl (C=O) groups is 4. The maximum absolute atomic E-state index is 12.9. The van der Waals surface area contributed by atoms with Gasteiger partial charge in [-0.05, 0) is 11.1 Å². The molecule has 9 nitrogen and oxygen atoms in total. The highest BCUT2D eigenvalue weighted by Gasteiger charge is 2.29. The normalized spacial score (nSPS) is 12.1. The summed E-state index contributed by atoms with van der Waals surface area (Å²) in [7, 11) is 2.31. The van der Waals surface area contributed by atoms with Gasteiger partial charge in [-0.2, -0.15) is 0 Å². The molecule has 0 spiro atoms. The Balaban J connectivity index is 2.09. The van der Waals surface area contributed by atoms with Gasteiger partial charge in [0.25, 0.3) is 0 Å². The van der Waals surface area contributed by atoms with Gasteiger partial charge in [-0.3, -0.25) is 9.59 Å². The van der Waals surface area contributed by atoms with Gasteiger partial charge in [0.05, 0.1) is 20.6 Å². The largest absolute Gasteiger partial charge is 0.469 e. The molecule has 2 aromatic carbocycles. The first-order valence-corrected chi connectivity index (χ1v) is 9.89. The molecule has 0 heterocycles. The van der Waals surface area contributed by atoms with Crippen LogP contribution in [0.3, 0.4) is 0 Å². The standard InChI is InChI=1S/C23H26N2O7/c1-30-20(26)14-19(22(28)31-2)24-21(27)18(13-16-9-5-3-6-10-16)25-23(29)32-15-17-11-7-4-8-12-17/h3-12,18-19H,13-15H2,1-2H3,(H,24,27)(H,25,29)/t18-,19-/m0/s1. The molecule has 9 heteroatoms. The minimum atomic E-state index is -1.26. The van der Waals surface area contributed by atoms with Crippen LogP contribution in [0.15, 0.2) is 60.7 Å². The number of amides is 2. The monoisotopic (exact) mass is 442 g/mol. The Morgan fingerprint density at radius 2 is 1.38 bits per heavy atom. The molecule has 2 atom stereocenters. The smallest absolute Gasteiger partial charge is 0.408 e. The van der Waals surface area contributed by atoms with Gasteiger partial charge < -0.3 is 24.8 Å². The van der Waals surface area contributed by atoms with Crippen LogP contribution in [-0.2, 0) is 41.6 Å². The third-order valence-corrected chi connectivity index (χ3v) is 4.50. The first-order chi connectivity index (χ1) is 15.4. The number of alkyl carbamates (subject to hydrolysis) is 1. The van der Waals surface area contributed by atoms with Crippen LogP contribution in [0.2, 0.25) is 0 Å². The van der Waals surface area contributed by atoms with Gasteiger partial charge in [0.2, 0.25) is 5.91 Å². The zero-order chi connectivity index (χ0) is 23.3. The topological polar surface area (TPSA) is 120 Å². The Labute approximate surface area is 186 Å². The van der Waals surface area contributed by atoms with Crippen LogP contribution in [0.1, 0.15) is 17.5 Å². The highest BCUT2D eigenvalue weighted by molar-refractivity contribution is 5.91. The number of benzene rings is 2. The second-order valence-corrected chi connectivity index (χ2v) is 6.81. The number of hydrogen-bond acceptors (Lipinski definition) is 7. The molecule has 0 fully saturated rings. The van der Waals surface area contributed by atoms with Crippen molar-refractivity contribution in [2.24, 2.45) is 0 Å². The van der Waals surface area contributed by atoms with Crippen molar-refractivity contribution >= 4 is 23.9 Å². The van der Waals surface area contributed by atoms with E-state index < -0.39 is 42.4 Å². The summed E-state index contributed by atoms with van der Waals surface area (Å²) in [5.74, 6) is -2.19. The van der Waals surface area contributed by atoms with E-state index in [0.717, 1.165) is 18.2 Å². The molecule has 0 aliphatic heterocycles. The van der Waals surface area contributed by atoms with Crippen LogP contribution in [-0.4, -0.2) is 50.2 Å². The molecule has 0 aliphatic carbocycles. The molecule has 0 aromatic heterocycles. The molecule has 0 bridgehead atoms. The fourth-order valence-electron chi connectivity index (χ4n) is 2.82. The predicted octanol–water partition coefficient (Wildman–Crippen LogP) is 1.74. The maximum Gasteiger partial charge on any atom is 0.408 e. The lowest BCUT2D eigenvalue weighted by Crippen LogP contribution is -2.53. The minimum Gasteiger partial charge on any atom is -0.469 e. The highest BCUT2D eigenvalue weighted by Crippen LogP contribution is 2.07. The van der Waals surface area contributed by atoms with Crippen molar-refractivity contribution in [1.29, 1.82) is 0 Å². The second-order valence-electron chi connectivity index (χ2n) is 6.81. The summed E-state index contributed by atoms with van der Waals surface area (Å²) in [6.07, 6.45) is -1.07. The summed E-state index contributed by atoms with van der Waals surface area (Å²) < 4.78 is 14.4. The van der Waals surface area contributed by atoms with Crippen molar-refractivity contribution in [3.05, 3.63) is 71.8 Å². The van der Waals surface area contributed by atoms with Crippen molar-refractivity contribution in [2.75, 3.05) is 14.2 Å². The summed E-state index contributed by atoms with van der Waals surface area (Å²) in [4.78, 5) is 48.9. The van der Waals surface area contributed by atoms with Gasteiger partial charge in [0, 0.05) is 6.42 Å². The van der Waals surface area contributed by atoms with Crippen LogP contribution >= 0.6 is 0 Å². The van der Waals surface area contributed by atoms with E-state index in [9.17, 15) is 19.2 Å². The zero-order valence-corrected chi connectivity index (χ0v) is 17.9. The zero-order valence-electron chi connectivity index (χ0n) is 17.9. The van der Waals surface area contributed by atoms with E-state index in [-0.39, 0.29) is 13.0 Å². The molecular weight excluding hydrogens is 416 g/mol. The number of hydrogen-bond donors (Lipinski definition) is 2. The quantitative estimate of drug-likeness (QED) is 0.425. The summed E-state index contributed by atoms with van der Waals surface area (Å²) in [6.45, 7) is 0.0273. The molecule has 2 rings (SSSR count). The van der Waals surface area contributed by atoms with E-state index in [1.54, 1.807) is 36.4 Å². The molecule has 32 heavy (non-hydrogen) atoms. The third kappa shape index (κ3) is 8.10. The summed E-state index contributed by atoms with van der Waals surface area (Å²) >= 11 is 0. The second kappa shape index (κ2) is 12.7. The fraction of sp³-hybridized carbons (Fsp3) is 0.304. The van der Waals surface area contributed by atoms with Gasteiger partial charge in [0.15, 0.2) is 0 Å². The van der Waals surface area contributed by atoms with Gasteiger partial charge in [-0.1, -0.05) is 60.7 Å². The van der Waals surface area contributed by atoms with Gasteiger partial charge in [-0.25, -0.2) is 9.59 Å². The summed E-state index contributed by atoms with van der Waals surface area (Å²) in [5.41, 5.74) is 1.56. The Kier molecular flexibility index (Phi) is 9.70. The minimum absolute atomic E-state index is 0.0273. The molecule has 2 aromatic rings. The van der Waals surface area contributed by atoms with Crippen LogP contribution < -0.4 is 10.6 Å². The third-order valence-electron chi connectivity index (χ3n) is 4.50. The number of methoxy groups -OCH3 is 2. The first-order valence-electron chi connectivity index (χ1n) is 9.89. The summed E-state index contributed by atoms with van der Waals surface area (Å²) in [5, 5.41) is 4.97. The predicted molar refractivity (Wildman–Crippen MR) is 114 cm³/mol. The number of carbonyl (C=O) groups excluding carboxylic acids is 4. The average Bonchev–Trinajstić information content (AvgIpc) is 2.82. The number of ether oxygens (including phenoxy) is 3. The number of nitrogens with one attached hydrogen (secondary N) is 2. The van der Waals surface area contributed by atoms with Gasteiger partial charge in [0.1, 0.15) is 18.7 Å². The number of esters is 2. The lowest BCUT2D eigenvalue weighted by molar-refractivity contribution is -0.150. The highest BCUT2D eigenvalue weighted by atomic mass is 16.5. The Bertz CT molecular complexity index is 903. The average molecular weight is 442 g/mol. The summed E-state index contributed by atoms with van der Waals surface area (Å²) in [6, 6.07) is 15.8. The van der Waals surface area contributed by atoms with Crippen LogP contribution in [0, 0.1) is 0 Å². The Morgan fingerprint density at radius 1 is 0.781 bits per heavy atom. The Morgan fingerprint density at radius 3 is 1.94 bits per heavy atom. The lowest BCUT2D eigenvalue weighted by Gasteiger charge is -2.22. The molecule has 0 radical (unpaired) electrons. The maximum atomic E-state index is 12.9. The molecule has 2 N–H and O–H groups in total. The van der Waals surface area contributed by atoms with Crippen LogP contribution in [0.25, 0.3) is 0 Å². The van der Waals surface area contributed by atoms with E-state index in [0.29, 0.717) is 0 Å².